The first-order chi connectivity index (χ1) is 17.9. The number of amides is 4. The maximum atomic E-state index is 14.1. The highest BCUT2D eigenvalue weighted by molar-refractivity contribution is 6.00. The molecule has 1 saturated carbocycles. The van der Waals surface area contributed by atoms with E-state index in [1.807, 2.05) is 56.3 Å². The van der Waals surface area contributed by atoms with Gasteiger partial charge < -0.3 is 26.0 Å². The number of primary amides is 1. The molecule has 0 bridgehead atoms. The molecule has 4 N–H and O–H groups in total. The molecule has 0 aromatic heterocycles. The maximum Gasteiger partial charge on any atom is 0.408 e. The smallest absolute Gasteiger partial charge is 0.408 e. The van der Waals surface area contributed by atoms with Crippen molar-refractivity contribution in [2.45, 2.75) is 84.0 Å². The van der Waals surface area contributed by atoms with Gasteiger partial charge in [-0.3, -0.25) is 14.4 Å². The van der Waals surface area contributed by atoms with Crippen LogP contribution in [0.2, 0.25) is 0 Å². The van der Waals surface area contributed by atoms with Crippen molar-refractivity contribution in [1.82, 2.24) is 10.2 Å². The summed E-state index contributed by atoms with van der Waals surface area (Å²) in [5, 5.41) is 5.49. The predicted molar refractivity (Wildman–Crippen MR) is 145 cm³/mol. The molecule has 9 heteroatoms. The molecule has 204 valence electrons. The minimum Gasteiger partial charge on any atom is -0.444 e. The summed E-state index contributed by atoms with van der Waals surface area (Å²) in [7, 11) is 0. The Morgan fingerprint density at radius 3 is 2.18 bits per heavy atom. The quantitative estimate of drug-likeness (QED) is 0.456. The molecule has 1 fully saturated rings. The Balaban J connectivity index is 2.02. The molecule has 9 nitrogen and oxygen atoms in total. The first-order valence-electron chi connectivity index (χ1n) is 12.9. The van der Waals surface area contributed by atoms with Gasteiger partial charge in [0, 0.05) is 11.7 Å². The molecule has 0 saturated heterocycles. The number of aryl methyl sites for hydroxylation is 2. The van der Waals surface area contributed by atoms with E-state index in [-0.39, 0.29) is 6.04 Å². The molecule has 0 spiro atoms. The van der Waals surface area contributed by atoms with E-state index < -0.39 is 47.9 Å². The highest BCUT2D eigenvalue weighted by Crippen LogP contribution is 2.35. The fourth-order valence-corrected chi connectivity index (χ4v) is 4.32. The predicted octanol–water partition coefficient (Wildman–Crippen LogP) is 4.13. The summed E-state index contributed by atoms with van der Waals surface area (Å²) >= 11 is 0. The molecule has 2 aromatic rings. The summed E-state index contributed by atoms with van der Waals surface area (Å²) in [6.07, 6.45) is 1.01. The lowest BCUT2D eigenvalue weighted by atomic mass is 9.87. The van der Waals surface area contributed by atoms with Crippen molar-refractivity contribution in [3.8, 4) is 0 Å². The normalized spacial score (nSPS) is 15.0. The van der Waals surface area contributed by atoms with Crippen LogP contribution in [-0.2, 0) is 19.1 Å². The summed E-state index contributed by atoms with van der Waals surface area (Å²) in [4.78, 5) is 54.0. The van der Waals surface area contributed by atoms with Crippen molar-refractivity contribution in [2.24, 2.45) is 5.73 Å². The number of ether oxygens (including phenoxy) is 1. The van der Waals surface area contributed by atoms with E-state index in [0.717, 1.165) is 17.5 Å². The average Bonchev–Trinajstić information content (AvgIpc) is 2.77. The van der Waals surface area contributed by atoms with Crippen LogP contribution >= 0.6 is 0 Å². The van der Waals surface area contributed by atoms with Gasteiger partial charge in [0.15, 0.2) is 0 Å². The summed E-state index contributed by atoms with van der Waals surface area (Å²) in [5.41, 5.74) is 7.79. The topological polar surface area (TPSA) is 131 Å². The summed E-state index contributed by atoms with van der Waals surface area (Å²) < 4.78 is 5.33. The largest absolute Gasteiger partial charge is 0.444 e. The molecular formula is C29H38N4O5. The van der Waals surface area contributed by atoms with Gasteiger partial charge in [-0.25, -0.2) is 4.79 Å². The number of nitrogens with two attached hydrogens (primary N) is 1. The molecule has 2 atom stereocenters. The molecule has 0 radical (unpaired) electrons. The van der Waals surface area contributed by atoms with E-state index in [0.29, 0.717) is 24.1 Å². The number of carbonyl (C=O) groups is 4. The Labute approximate surface area is 224 Å². The van der Waals surface area contributed by atoms with Crippen molar-refractivity contribution in [2.75, 3.05) is 5.32 Å². The SMILES string of the molecule is Cc1ccc(C(C(=O)Nc2ccccc2C)N(C(=O)C(CC(N)=O)NC(=O)OC(C)(C)C)C2CCC2)cc1. The minimum absolute atomic E-state index is 0.243. The van der Waals surface area contributed by atoms with Gasteiger partial charge in [-0.1, -0.05) is 48.0 Å². The average molecular weight is 523 g/mol. The van der Waals surface area contributed by atoms with Gasteiger partial charge in [-0.2, -0.15) is 0 Å². The maximum absolute atomic E-state index is 14.1. The van der Waals surface area contributed by atoms with Crippen molar-refractivity contribution in [3.63, 3.8) is 0 Å². The second-order valence-electron chi connectivity index (χ2n) is 10.8. The fourth-order valence-electron chi connectivity index (χ4n) is 4.32. The Morgan fingerprint density at radius 1 is 1.03 bits per heavy atom. The number of anilines is 1. The molecular weight excluding hydrogens is 484 g/mol. The van der Waals surface area contributed by atoms with E-state index >= 15 is 0 Å². The second kappa shape index (κ2) is 12.1. The number of benzene rings is 2. The molecule has 1 aliphatic rings. The molecule has 2 unspecified atom stereocenters. The molecule has 0 heterocycles. The monoisotopic (exact) mass is 522 g/mol. The van der Waals surface area contributed by atoms with Gasteiger partial charge in [-0.05, 0) is 71.1 Å². The van der Waals surface area contributed by atoms with Gasteiger partial charge in [0.25, 0.3) is 5.91 Å². The fraction of sp³-hybridized carbons (Fsp3) is 0.448. The van der Waals surface area contributed by atoms with Gasteiger partial charge >= 0.3 is 6.09 Å². The third-order valence-electron chi connectivity index (χ3n) is 6.44. The summed E-state index contributed by atoms with van der Waals surface area (Å²) in [6, 6.07) is 12.3. The molecule has 38 heavy (non-hydrogen) atoms. The van der Waals surface area contributed by atoms with Gasteiger partial charge in [-0.15, -0.1) is 0 Å². The first-order valence-corrected chi connectivity index (χ1v) is 12.9. The number of para-hydroxylation sites is 1. The highest BCUT2D eigenvalue weighted by Gasteiger charge is 2.42. The van der Waals surface area contributed by atoms with Crippen LogP contribution in [-0.4, -0.2) is 46.4 Å². The van der Waals surface area contributed by atoms with E-state index in [4.69, 9.17) is 10.5 Å². The van der Waals surface area contributed by atoms with E-state index in [9.17, 15) is 19.2 Å². The number of nitrogens with zero attached hydrogens (tertiary/aromatic N) is 1. The Bertz CT molecular complexity index is 1170. The van der Waals surface area contributed by atoms with Crippen LogP contribution in [0, 0.1) is 13.8 Å². The number of alkyl carbamates (subject to hydrolysis) is 1. The minimum atomic E-state index is -1.29. The first kappa shape index (κ1) is 28.7. The highest BCUT2D eigenvalue weighted by atomic mass is 16.6. The zero-order valence-corrected chi connectivity index (χ0v) is 22.7. The van der Waals surface area contributed by atoms with Gasteiger partial charge in [0.2, 0.25) is 11.8 Å². The number of hydrogen-bond donors (Lipinski definition) is 3. The lowest BCUT2D eigenvalue weighted by Crippen LogP contribution is -2.57. The van der Waals surface area contributed by atoms with Crippen LogP contribution in [0.1, 0.15) is 69.2 Å². The van der Waals surface area contributed by atoms with Crippen LogP contribution in [0.25, 0.3) is 0 Å². The lowest BCUT2D eigenvalue weighted by Gasteiger charge is -2.43. The third kappa shape index (κ3) is 7.57. The van der Waals surface area contributed by atoms with Crippen LogP contribution < -0.4 is 16.4 Å². The summed E-state index contributed by atoms with van der Waals surface area (Å²) in [5.74, 6) is -1.72. The standard InChI is InChI=1S/C29H38N4O5/c1-18-13-15-20(16-14-18)25(26(35)31-22-12-7-6-9-19(22)2)33(21-10-8-11-21)27(36)23(17-24(30)34)32-28(37)38-29(3,4)5/h6-7,9,12-16,21,23,25H,8,10-11,17H2,1-5H3,(H2,30,34)(H,31,35)(H,32,37). The Morgan fingerprint density at radius 2 is 1.66 bits per heavy atom. The van der Waals surface area contributed by atoms with E-state index in [1.165, 1.54) is 4.90 Å². The number of hydrogen-bond acceptors (Lipinski definition) is 5. The number of carbonyl (C=O) groups excluding carboxylic acids is 4. The van der Waals surface area contributed by atoms with Crippen molar-refractivity contribution >= 4 is 29.5 Å². The molecule has 4 amide bonds. The molecule has 2 aromatic carbocycles. The Hall–Kier alpha value is -3.88. The summed E-state index contributed by atoms with van der Waals surface area (Å²) in [6.45, 7) is 8.91. The van der Waals surface area contributed by atoms with Crippen LogP contribution in [0.4, 0.5) is 10.5 Å². The second-order valence-corrected chi connectivity index (χ2v) is 10.8. The van der Waals surface area contributed by atoms with Crippen LogP contribution in [0.5, 0.6) is 0 Å². The zero-order chi connectivity index (χ0) is 28.0. The van der Waals surface area contributed by atoms with Crippen molar-refractivity contribution in [1.29, 1.82) is 0 Å². The number of nitrogens with one attached hydrogen (secondary N) is 2. The van der Waals surface area contributed by atoms with Crippen LogP contribution in [0.3, 0.4) is 0 Å². The van der Waals surface area contributed by atoms with Crippen LogP contribution in [0.15, 0.2) is 48.5 Å². The molecule has 0 aliphatic heterocycles. The third-order valence-corrected chi connectivity index (χ3v) is 6.44. The molecule has 3 rings (SSSR count). The van der Waals surface area contributed by atoms with Gasteiger partial charge in [0.1, 0.15) is 17.7 Å². The van der Waals surface area contributed by atoms with Crippen molar-refractivity contribution in [3.05, 3.63) is 65.2 Å². The van der Waals surface area contributed by atoms with E-state index in [1.54, 1.807) is 26.8 Å². The van der Waals surface area contributed by atoms with E-state index in [2.05, 4.69) is 10.6 Å². The molecule has 1 aliphatic carbocycles. The number of rotatable bonds is 9. The lowest BCUT2D eigenvalue weighted by molar-refractivity contribution is -0.146. The van der Waals surface area contributed by atoms with Crippen molar-refractivity contribution < 1.29 is 23.9 Å². The Kier molecular flexibility index (Phi) is 9.14. The zero-order valence-electron chi connectivity index (χ0n) is 22.7. The van der Waals surface area contributed by atoms with Gasteiger partial charge in [0.05, 0.1) is 6.42 Å².